The molecule has 0 spiro atoms. The van der Waals surface area contributed by atoms with Crippen LogP contribution in [0.1, 0.15) is 48.9 Å². The number of fused-ring (bicyclic) bond motifs is 2. The fourth-order valence-corrected chi connectivity index (χ4v) is 5.14. The quantitative estimate of drug-likeness (QED) is 0.191. The van der Waals surface area contributed by atoms with E-state index in [1.807, 2.05) is 31.3 Å². The van der Waals surface area contributed by atoms with Crippen LogP contribution in [0.3, 0.4) is 0 Å². The Kier molecular flexibility index (Phi) is 7.19. The van der Waals surface area contributed by atoms with E-state index in [0.29, 0.717) is 45.9 Å². The van der Waals surface area contributed by atoms with Crippen molar-refractivity contribution >= 4 is 39.7 Å². The minimum Gasteiger partial charge on any atom is -0.495 e. The van der Waals surface area contributed by atoms with E-state index in [-0.39, 0.29) is 18.6 Å². The van der Waals surface area contributed by atoms with Crippen molar-refractivity contribution in [1.29, 1.82) is 0 Å². The van der Waals surface area contributed by atoms with Gasteiger partial charge in [-0.2, -0.15) is 9.97 Å². The van der Waals surface area contributed by atoms with Gasteiger partial charge in [0, 0.05) is 30.8 Å². The number of ether oxygens (including phenoxy) is 2. The lowest BCUT2D eigenvalue weighted by Gasteiger charge is -2.16. The Morgan fingerprint density at radius 2 is 2.00 bits per heavy atom. The molecule has 212 valence electrons. The second-order valence-electron chi connectivity index (χ2n) is 10.3. The van der Waals surface area contributed by atoms with Crippen LogP contribution in [0.15, 0.2) is 47.0 Å². The summed E-state index contributed by atoms with van der Waals surface area (Å²) in [5.41, 5.74) is 4.96. The van der Waals surface area contributed by atoms with Gasteiger partial charge in [-0.15, -0.1) is 0 Å². The van der Waals surface area contributed by atoms with Crippen LogP contribution in [0.5, 0.6) is 11.6 Å². The smallest absolute Gasteiger partial charge is 0.251 e. The Morgan fingerprint density at radius 1 is 1.17 bits per heavy atom. The molecular weight excluding hydrogens is 524 g/mol. The van der Waals surface area contributed by atoms with Gasteiger partial charge in [-0.1, -0.05) is 6.07 Å². The number of carbonyl (C=O) groups is 1. The Balaban J connectivity index is 1.36. The summed E-state index contributed by atoms with van der Waals surface area (Å²) in [5, 5.41) is 16.2. The minimum atomic E-state index is -0.641. The molecule has 1 fully saturated rings. The summed E-state index contributed by atoms with van der Waals surface area (Å²) in [6, 6.07) is 10.9. The highest BCUT2D eigenvalue weighted by molar-refractivity contribution is 5.99. The molecule has 1 atom stereocenters. The molecule has 11 nitrogen and oxygen atoms in total. The topological polar surface area (TPSA) is 147 Å². The first-order valence-electron chi connectivity index (χ1n) is 13.7. The van der Waals surface area contributed by atoms with Crippen molar-refractivity contribution in [1.82, 2.24) is 25.3 Å². The van der Waals surface area contributed by atoms with E-state index in [2.05, 4.69) is 20.6 Å². The van der Waals surface area contributed by atoms with Crippen molar-refractivity contribution in [3.05, 3.63) is 54.0 Å². The summed E-state index contributed by atoms with van der Waals surface area (Å²) in [4.78, 5) is 29.7. The molecule has 1 amide bonds. The van der Waals surface area contributed by atoms with Gasteiger partial charge in [-0.05, 0) is 68.5 Å². The second-order valence-corrected chi connectivity index (χ2v) is 10.3. The van der Waals surface area contributed by atoms with Gasteiger partial charge in [0.15, 0.2) is 11.5 Å². The number of aromatic amines is 1. The third kappa shape index (κ3) is 5.53. The van der Waals surface area contributed by atoms with Crippen molar-refractivity contribution in [2.24, 2.45) is 0 Å². The average Bonchev–Trinajstić information content (AvgIpc) is 3.71. The molecule has 3 aromatic heterocycles. The number of H-pyrrole nitrogens is 1. The maximum absolute atomic E-state index is 12.5. The number of carbonyl (C=O) groups excluding carboxylic acids is 1. The number of rotatable bonds is 9. The van der Waals surface area contributed by atoms with Crippen molar-refractivity contribution in [3.8, 4) is 22.8 Å². The number of aliphatic hydroxyl groups is 1. The van der Waals surface area contributed by atoms with Crippen molar-refractivity contribution in [3.63, 3.8) is 0 Å². The highest BCUT2D eigenvalue weighted by Crippen LogP contribution is 2.38. The van der Waals surface area contributed by atoms with Crippen molar-refractivity contribution < 1.29 is 23.8 Å². The number of anilines is 2. The fraction of sp³-hybridized carbons (Fsp3) is 0.333. The minimum absolute atomic E-state index is 0.0806. The van der Waals surface area contributed by atoms with Crippen molar-refractivity contribution in [2.75, 3.05) is 19.0 Å². The summed E-state index contributed by atoms with van der Waals surface area (Å²) in [6.45, 7) is 3.59. The van der Waals surface area contributed by atoms with Crippen LogP contribution in [0.4, 0.5) is 11.6 Å². The first kappa shape index (κ1) is 26.6. The number of aromatic nitrogens is 4. The summed E-state index contributed by atoms with van der Waals surface area (Å²) in [5.74, 6) is 1.56. The molecule has 5 aromatic rings. The molecule has 41 heavy (non-hydrogen) atoms. The molecule has 0 aliphatic heterocycles. The SMILES string of the molecule is COc1cc(C(=O)NCC(C)O)ccc1Nc1nc(OC2CCCC2)c2c(-c3ccc4nc(C)oc4c3)c[nH]c2n1. The normalized spacial score (nSPS) is 14.4. The lowest BCUT2D eigenvalue weighted by Crippen LogP contribution is -2.30. The zero-order chi connectivity index (χ0) is 28.5. The molecule has 3 heterocycles. The van der Waals surface area contributed by atoms with E-state index in [1.54, 1.807) is 25.1 Å². The van der Waals surface area contributed by atoms with Gasteiger partial charge in [0.1, 0.15) is 23.0 Å². The van der Waals surface area contributed by atoms with Crippen LogP contribution in [0.25, 0.3) is 33.3 Å². The first-order chi connectivity index (χ1) is 19.9. The zero-order valence-electron chi connectivity index (χ0n) is 23.2. The highest BCUT2D eigenvalue weighted by Gasteiger charge is 2.23. The van der Waals surface area contributed by atoms with Gasteiger partial charge in [0.25, 0.3) is 5.91 Å². The zero-order valence-corrected chi connectivity index (χ0v) is 23.2. The standard InChI is InChI=1S/C30H32N6O5/c1-16(37)14-32-28(38)19-9-11-22(24(13-19)39-3)34-30-35-27-26(29(36-30)41-20-6-4-5-7-20)21(15-31-27)18-8-10-23-25(12-18)40-17(2)33-23/h8-13,15-16,20,37H,4-7,14H2,1-3H3,(H,32,38)(H2,31,34,35,36). The number of amides is 1. The first-order valence-corrected chi connectivity index (χ1v) is 13.7. The molecule has 0 saturated heterocycles. The second kappa shape index (κ2) is 11.1. The third-order valence-electron chi connectivity index (χ3n) is 7.15. The lowest BCUT2D eigenvalue weighted by atomic mass is 10.1. The third-order valence-corrected chi connectivity index (χ3v) is 7.15. The van der Waals surface area contributed by atoms with Crippen LogP contribution < -0.4 is 20.1 Å². The van der Waals surface area contributed by atoms with E-state index >= 15 is 0 Å². The van der Waals surface area contributed by atoms with Crippen LogP contribution in [0.2, 0.25) is 0 Å². The summed E-state index contributed by atoms with van der Waals surface area (Å²) < 4.78 is 17.8. The van der Waals surface area contributed by atoms with Crippen LogP contribution in [0, 0.1) is 6.92 Å². The molecule has 0 bridgehead atoms. The van der Waals surface area contributed by atoms with Gasteiger partial charge >= 0.3 is 0 Å². The maximum Gasteiger partial charge on any atom is 0.251 e. The van der Waals surface area contributed by atoms with Gasteiger partial charge < -0.3 is 34.6 Å². The lowest BCUT2D eigenvalue weighted by molar-refractivity contribution is 0.0923. The van der Waals surface area contributed by atoms with Crippen LogP contribution >= 0.6 is 0 Å². The number of aryl methyl sites for hydroxylation is 1. The fourth-order valence-electron chi connectivity index (χ4n) is 5.14. The Morgan fingerprint density at radius 3 is 2.78 bits per heavy atom. The van der Waals surface area contributed by atoms with Gasteiger partial charge in [0.2, 0.25) is 11.8 Å². The molecule has 0 radical (unpaired) electrons. The molecular formula is C30H32N6O5. The monoisotopic (exact) mass is 556 g/mol. The van der Waals surface area contributed by atoms with Gasteiger partial charge in [0.05, 0.1) is 24.3 Å². The molecule has 1 aliphatic rings. The number of methoxy groups -OCH3 is 1. The van der Waals surface area contributed by atoms with E-state index in [9.17, 15) is 9.90 Å². The molecule has 1 aliphatic carbocycles. The largest absolute Gasteiger partial charge is 0.495 e. The molecule has 2 aromatic carbocycles. The summed E-state index contributed by atoms with van der Waals surface area (Å²) >= 11 is 0. The Bertz CT molecular complexity index is 1720. The number of hydrogen-bond acceptors (Lipinski definition) is 9. The van der Waals surface area contributed by atoms with E-state index in [4.69, 9.17) is 23.9 Å². The predicted molar refractivity (Wildman–Crippen MR) is 155 cm³/mol. The van der Waals surface area contributed by atoms with E-state index in [0.717, 1.165) is 47.7 Å². The number of hydrogen-bond donors (Lipinski definition) is 4. The Labute approximate surface area is 236 Å². The number of oxazole rings is 1. The number of aliphatic hydroxyl groups excluding tert-OH is 1. The molecule has 1 unspecified atom stereocenters. The molecule has 11 heteroatoms. The van der Waals surface area contributed by atoms with Crippen molar-refractivity contribution in [2.45, 2.75) is 51.7 Å². The van der Waals surface area contributed by atoms with E-state index < -0.39 is 6.10 Å². The molecule has 1 saturated carbocycles. The average molecular weight is 557 g/mol. The summed E-state index contributed by atoms with van der Waals surface area (Å²) in [6.07, 6.45) is 5.54. The number of benzene rings is 2. The molecule has 4 N–H and O–H groups in total. The van der Waals surface area contributed by atoms with Crippen LogP contribution in [-0.4, -0.2) is 56.8 Å². The predicted octanol–water partition coefficient (Wildman–Crippen LogP) is 5.26. The number of nitrogens with zero attached hydrogens (tertiary/aromatic N) is 3. The summed E-state index contributed by atoms with van der Waals surface area (Å²) in [7, 11) is 1.53. The van der Waals surface area contributed by atoms with E-state index in [1.165, 1.54) is 7.11 Å². The van der Waals surface area contributed by atoms with Gasteiger partial charge in [-0.3, -0.25) is 4.79 Å². The number of nitrogens with one attached hydrogen (secondary N) is 3. The van der Waals surface area contributed by atoms with Crippen LogP contribution in [-0.2, 0) is 0 Å². The Hall–Kier alpha value is -4.64. The highest BCUT2D eigenvalue weighted by atomic mass is 16.5. The molecule has 6 rings (SSSR count). The van der Waals surface area contributed by atoms with Gasteiger partial charge in [-0.25, -0.2) is 4.98 Å². The maximum atomic E-state index is 12.5.